The van der Waals surface area contributed by atoms with E-state index in [1.54, 1.807) is 0 Å². The zero-order chi connectivity index (χ0) is 9.10. The fourth-order valence-electron chi connectivity index (χ4n) is 1.08. The van der Waals surface area contributed by atoms with Crippen molar-refractivity contribution in [2.75, 3.05) is 0 Å². The molecule has 0 unspecified atom stereocenters. The molecule has 0 radical (unpaired) electrons. The Morgan fingerprint density at radius 3 is 2.62 bits per heavy atom. The lowest BCUT2D eigenvalue weighted by molar-refractivity contribution is -0.600. The van der Waals surface area contributed by atoms with Gasteiger partial charge in [-0.15, -0.1) is 0 Å². The molecule has 0 fully saturated rings. The predicted octanol–water partition coefficient (Wildman–Crippen LogP) is 0.777. The molecule has 1 aromatic carbocycles. The largest absolute Gasteiger partial charge is 0.740 e. The molecule has 2 aromatic rings. The molecular weight excluding hydrogens is 166 g/mol. The lowest BCUT2D eigenvalue weighted by Crippen LogP contribution is -2.30. The molecular formula is C9H7N3O. The van der Waals surface area contributed by atoms with Crippen LogP contribution in [-0.2, 0) is 0 Å². The first kappa shape index (κ1) is 7.67. The van der Waals surface area contributed by atoms with E-state index in [0.717, 1.165) is 5.56 Å². The van der Waals surface area contributed by atoms with Gasteiger partial charge in [0.25, 0.3) is 12.2 Å². The Morgan fingerprint density at radius 2 is 1.92 bits per heavy atom. The van der Waals surface area contributed by atoms with E-state index in [4.69, 9.17) is 0 Å². The summed E-state index contributed by atoms with van der Waals surface area (Å²) >= 11 is 0. The van der Waals surface area contributed by atoms with Crippen molar-refractivity contribution in [2.24, 2.45) is 0 Å². The lowest BCUT2D eigenvalue weighted by atomic mass is 10.2. The van der Waals surface area contributed by atoms with Gasteiger partial charge in [0.2, 0.25) is 6.33 Å². The average molecular weight is 173 g/mol. The highest BCUT2D eigenvalue weighted by atomic mass is 16.5. The third kappa shape index (κ3) is 1.46. The molecule has 64 valence electrons. The van der Waals surface area contributed by atoms with Gasteiger partial charge in [0.05, 0.1) is 5.56 Å². The zero-order valence-electron chi connectivity index (χ0n) is 6.79. The summed E-state index contributed by atoms with van der Waals surface area (Å²) in [6.45, 7) is 0. The minimum absolute atomic E-state index is 0.371. The first-order valence-electron chi connectivity index (χ1n) is 3.82. The van der Waals surface area contributed by atoms with Crippen LogP contribution < -0.4 is 4.73 Å². The molecule has 1 aromatic heterocycles. The first-order chi connectivity index (χ1) is 6.38. The molecule has 0 atom stereocenters. The minimum Gasteiger partial charge on any atom is -0.740 e. The quantitative estimate of drug-likeness (QED) is 0.473. The Bertz CT molecular complexity index is 403. The van der Waals surface area contributed by atoms with Crippen molar-refractivity contribution in [3.8, 4) is 11.4 Å². The van der Waals surface area contributed by atoms with Gasteiger partial charge in [-0.25, -0.2) is 4.73 Å². The van der Waals surface area contributed by atoms with E-state index in [0.29, 0.717) is 10.6 Å². The summed E-state index contributed by atoms with van der Waals surface area (Å²) in [5.41, 5.74) is 0.792. The number of benzene rings is 1. The van der Waals surface area contributed by atoms with Crippen molar-refractivity contribution >= 4 is 0 Å². The average Bonchev–Trinajstić information content (AvgIpc) is 2.20. The van der Waals surface area contributed by atoms with Gasteiger partial charge in [-0.2, -0.15) is 0 Å². The molecule has 0 amide bonds. The van der Waals surface area contributed by atoms with E-state index in [-0.39, 0.29) is 0 Å². The molecule has 0 spiro atoms. The summed E-state index contributed by atoms with van der Waals surface area (Å²) < 4.78 is 0.648. The van der Waals surface area contributed by atoms with Gasteiger partial charge in [-0.05, 0) is 12.1 Å². The second kappa shape index (κ2) is 3.18. The number of rotatable bonds is 1. The number of hydrogen-bond acceptors (Lipinski definition) is 3. The minimum atomic E-state index is 0.371. The Hall–Kier alpha value is -1.97. The van der Waals surface area contributed by atoms with Gasteiger partial charge in [-0.3, -0.25) is 0 Å². The number of nitrogens with zero attached hydrogens (tertiary/aromatic N) is 3. The molecule has 4 heteroatoms. The summed E-state index contributed by atoms with van der Waals surface area (Å²) in [7, 11) is 0. The Balaban J connectivity index is 2.54. The molecule has 0 aliphatic carbocycles. The van der Waals surface area contributed by atoms with Gasteiger partial charge >= 0.3 is 0 Å². The molecule has 2 rings (SSSR count). The SMILES string of the molecule is [O-][n+]1cncnc1-c1ccccc1. The summed E-state index contributed by atoms with van der Waals surface area (Å²) in [5.74, 6) is 0.371. The van der Waals surface area contributed by atoms with Crippen LogP contribution in [0.5, 0.6) is 0 Å². The number of aromatic nitrogens is 3. The van der Waals surface area contributed by atoms with Crippen molar-refractivity contribution in [3.05, 3.63) is 48.2 Å². The van der Waals surface area contributed by atoms with Crippen LogP contribution in [0.15, 0.2) is 43.0 Å². The van der Waals surface area contributed by atoms with Crippen LogP contribution in [0, 0.1) is 5.21 Å². The summed E-state index contributed by atoms with van der Waals surface area (Å²) in [4.78, 5) is 7.50. The van der Waals surface area contributed by atoms with Crippen molar-refractivity contribution in [1.29, 1.82) is 0 Å². The van der Waals surface area contributed by atoms with E-state index in [1.807, 2.05) is 30.3 Å². The maximum Gasteiger partial charge on any atom is 0.273 e. The van der Waals surface area contributed by atoms with Gasteiger partial charge in [0.1, 0.15) is 0 Å². The van der Waals surface area contributed by atoms with Crippen LogP contribution in [0.2, 0.25) is 0 Å². The monoisotopic (exact) mass is 173 g/mol. The molecule has 1 heterocycles. The zero-order valence-corrected chi connectivity index (χ0v) is 6.79. The predicted molar refractivity (Wildman–Crippen MR) is 46.4 cm³/mol. The molecule has 4 nitrogen and oxygen atoms in total. The van der Waals surface area contributed by atoms with E-state index in [9.17, 15) is 5.21 Å². The van der Waals surface area contributed by atoms with Gasteiger partial charge in [0, 0.05) is 0 Å². The fourth-order valence-corrected chi connectivity index (χ4v) is 1.08. The van der Waals surface area contributed by atoms with Gasteiger partial charge in [0.15, 0.2) is 0 Å². The van der Waals surface area contributed by atoms with E-state index < -0.39 is 0 Å². The van der Waals surface area contributed by atoms with Crippen LogP contribution in [0.1, 0.15) is 0 Å². The third-order valence-corrected chi connectivity index (χ3v) is 1.66. The topological polar surface area (TPSA) is 52.7 Å². The molecule has 0 bridgehead atoms. The summed E-state index contributed by atoms with van der Waals surface area (Å²) in [5, 5.41) is 11.2. The molecule has 0 aliphatic heterocycles. The van der Waals surface area contributed by atoms with Crippen LogP contribution in [-0.4, -0.2) is 9.97 Å². The highest BCUT2D eigenvalue weighted by Gasteiger charge is 2.05. The molecule has 0 N–H and O–H groups in total. The first-order valence-corrected chi connectivity index (χ1v) is 3.82. The van der Waals surface area contributed by atoms with Crippen LogP contribution >= 0.6 is 0 Å². The standard InChI is InChI=1S/C9H7N3O/c13-12-7-10-6-11-9(12)8-4-2-1-3-5-8/h1-7H. The van der Waals surface area contributed by atoms with Gasteiger partial charge < -0.3 is 5.21 Å². The van der Waals surface area contributed by atoms with Crippen LogP contribution in [0.25, 0.3) is 11.4 Å². The van der Waals surface area contributed by atoms with Gasteiger partial charge in [-0.1, -0.05) is 28.2 Å². The van der Waals surface area contributed by atoms with Crippen molar-refractivity contribution in [2.45, 2.75) is 0 Å². The van der Waals surface area contributed by atoms with E-state index >= 15 is 0 Å². The Morgan fingerprint density at radius 1 is 1.15 bits per heavy atom. The van der Waals surface area contributed by atoms with E-state index in [2.05, 4.69) is 9.97 Å². The van der Waals surface area contributed by atoms with Crippen molar-refractivity contribution < 1.29 is 4.73 Å². The maximum absolute atomic E-state index is 11.2. The fraction of sp³-hybridized carbons (Fsp3) is 0. The maximum atomic E-state index is 11.2. The highest BCUT2D eigenvalue weighted by Crippen LogP contribution is 2.09. The van der Waals surface area contributed by atoms with Crippen LogP contribution in [0.4, 0.5) is 0 Å². The Labute approximate surface area is 75.1 Å². The summed E-state index contributed by atoms with van der Waals surface area (Å²) in [6.07, 6.45) is 2.55. The van der Waals surface area contributed by atoms with Crippen LogP contribution in [0.3, 0.4) is 0 Å². The normalized spacial score (nSPS) is 9.85. The second-order valence-corrected chi connectivity index (χ2v) is 2.52. The highest BCUT2D eigenvalue weighted by molar-refractivity contribution is 5.50. The lowest BCUT2D eigenvalue weighted by Gasteiger charge is -2.04. The summed E-state index contributed by atoms with van der Waals surface area (Å²) in [6, 6.07) is 9.27. The van der Waals surface area contributed by atoms with Crippen molar-refractivity contribution in [1.82, 2.24) is 9.97 Å². The molecule has 13 heavy (non-hydrogen) atoms. The number of hydrogen-bond donors (Lipinski definition) is 0. The second-order valence-electron chi connectivity index (χ2n) is 2.52. The van der Waals surface area contributed by atoms with Crippen molar-refractivity contribution in [3.63, 3.8) is 0 Å². The molecule has 0 aliphatic rings. The van der Waals surface area contributed by atoms with E-state index in [1.165, 1.54) is 12.7 Å². The molecule has 0 saturated carbocycles. The smallest absolute Gasteiger partial charge is 0.273 e. The third-order valence-electron chi connectivity index (χ3n) is 1.66. The Kier molecular flexibility index (Phi) is 1.88. The molecule has 0 saturated heterocycles.